The topological polar surface area (TPSA) is 94.0 Å². The Morgan fingerprint density at radius 3 is 2.52 bits per heavy atom. The second kappa shape index (κ2) is 6.67. The lowest BCUT2D eigenvalue weighted by Crippen LogP contribution is -2.27. The van der Waals surface area contributed by atoms with Gasteiger partial charge in [-0.15, -0.1) is 0 Å². The van der Waals surface area contributed by atoms with E-state index in [1.807, 2.05) is 11.5 Å². The zero-order valence-electron chi connectivity index (χ0n) is 12.5. The quantitative estimate of drug-likeness (QED) is 0.835. The van der Waals surface area contributed by atoms with E-state index in [2.05, 4.69) is 9.97 Å². The summed E-state index contributed by atoms with van der Waals surface area (Å²) in [5.74, 6) is 0.236. The van der Waals surface area contributed by atoms with Gasteiger partial charge in [0.2, 0.25) is 5.95 Å². The molecule has 0 aromatic carbocycles. The van der Waals surface area contributed by atoms with Crippen LogP contribution in [-0.2, 0) is 0 Å². The Hall–Kier alpha value is -1.95. The molecule has 0 atom stereocenters. The number of rotatable bonds is 1. The van der Waals surface area contributed by atoms with Crippen LogP contribution in [0.2, 0.25) is 0 Å². The summed E-state index contributed by atoms with van der Waals surface area (Å²) < 4.78 is 1.82. The standard InChI is InChI=1S/C14H18N4O.CH4O/c1-9-11-7-8-12(19)18(10-5-3-2-4-6-10)13(11)17-14(15)16-9;1-2/h7-8,10H,2-6H2,1H3,(H2,15,16,17);2H,1H3. The summed E-state index contributed by atoms with van der Waals surface area (Å²) in [5.41, 5.74) is 7.26. The van der Waals surface area contributed by atoms with Crippen LogP contribution in [0.15, 0.2) is 16.9 Å². The van der Waals surface area contributed by atoms with E-state index < -0.39 is 0 Å². The molecule has 1 saturated carbocycles. The molecule has 6 heteroatoms. The average molecular weight is 290 g/mol. The van der Waals surface area contributed by atoms with E-state index in [9.17, 15) is 4.79 Å². The SMILES string of the molecule is CO.Cc1nc(N)nc2c1ccc(=O)n2C1CCCCC1. The van der Waals surface area contributed by atoms with Gasteiger partial charge in [0.1, 0.15) is 5.65 Å². The van der Waals surface area contributed by atoms with Crippen molar-refractivity contribution in [3.8, 4) is 0 Å². The highest BCUT2D eigenvalue weighted by Gasteiger charge is 2.19. The van der Waals surface area contributed by atoms with E-state index in [0.717, 1.165) is 31.0 Å². The Labute approximate surface area is 123 Å². The first-order valence-electron chi connectivity index (χ1n) is 7.27. The molecule has 2 aromatic heterocycles. The number of aromatic nitrogens is 3. The number of fused-ring (bicyclic) bond motifs is 1. The number of aliphatic hydroxyl groups excluding tert-OH is 1. The molecule has 1 aliphatic rings. The summed E-state index contributed by atoms with van der Waals surface area (Å²) in [5, 5.41) is 7.92. The molecule has 0 bridgehead atoms. The Kier molecular flexibility index (Phi) is 4.90. The van der Waals surface area contributed by atoms with E-state index in [1.54, 1.807) is 12.1 Å². The summed E-state index contributed by atoms with van der Waals surface area (Å²) in [7, 11) is 1.00. The highest BCUT2D eigenvalue weighted by atomic mass is 16.2. The minimum Gasteiger partial charge on any atom is -0.400 e. The van der Waals surface area contributed by atoms with Crippen LogP contribution in [0.1, 0.15) is 43.8 Å². The number of pyridine rings is 1. The van der Waals surface area contributed by atoms with Crippen molar-refractivity contribution in [3.05, 3.63) is 28.2 Å². The molecule has 0 aliphatic heterocycles. The summed E-state index contributed by atoms with van der Waals surface area (Å²) in [6.07, 6.45) is 5.69. The third-order valence-electron chi connectivity index (χ3n) is 3.93. The third-order valence-corrected chi connectivity index (χ3v) is 3.93. The van der Waals surface area contributed by atoms with Crippen LogP contribution in [0.4, 0.5) is 5.95 Å². The molecule has 1 fully saturated rings. The molecule has 0 spiro atoms. The van der Waals surface area contributed by atoms with Crippen molar-refractivity contribution in [3.63, 3.8) is 0 Å². The van der Waals surface area contributed by atoms with Crippen molar-refractivity contribution in [2.75, 3.05) is 12.8 Å². The average Bonchev–Trinajstić information content (AvgIpc) is 2.49. The maximum Gasteiger partial charge on any atom is 0.252 e. The number of nitrogens with two attached hydrogens (primary N) is 1. The Bertz CT molecular complexity index is 675. The number of nitrogens with zero attached hydrogens (tertiary/aromatic N) is 3. The van der Waals surface area contributed by atoms with Gasteiger partial charge in [0.25, 0.3) is 5.56 Å². The van der Waals surface area contributed by atoms with E-state index in [1.165, 1.54) is 19.3 Å². The van der Waals surface area contributed by atoms with Gasteiger partial charge < -0.3 is 10.8 Å². The zero-order chi connectivity index (χ0) is 15.4. The normalized spacial score (nSPS) is 15.6. The second-order valence-electron chi connectivity index (χ2n) is 5.24. The van der Waals surface area contributed by atoms with Crippen molar-refractivity contribution in [2.45, 2.75) is 45.1 Å². The summed E-state index contributed by atoms with van der Waals surface area (Å²) in [6, 6.07) is 3.66. The number of hydrogen-bond donors (Lipinski definition) is 2. The van der Waals surface area contributed by atoms with Gasteiger partial charge in [-0.25, -0.2) is 4.98 Å². The summed E-state index contributed by atoms with van der Waals surface area (Å²) in [4.78, 5) is 20.7. The van der Waals surface area contributed by atoms with E-state index in [-0.39, 0.29) is 17.5 Å². The van der Waals surface area contributed by atoms with Crippen LogP contribution >= 0.6 is 0 Å². The number of aryl methyl sites for hydroxylation is 1. The molecule has 0 amide bonds. The van der Waals surface area contributed by atoms with Crippen molar-refractivity contribution in [1.82, 2.24) is 14.5 Å². The van der Waals surface area contributed by atoms with Gasteiger partial charge in [0, 0.05) is 24.6 Å². The molecule has 2 heterocycles. The smallest absolute Gasteiger partial charge is 0.252 e. The third kappa shape index (κ3) is 3.05. The molecular weight excluding hydrogens is 268 g/mol. The van der Waals surface area contributed by atoms with E-state index >= 15 is 0 Å². The fourth-order valence-corrected chi connectivity index (χ4v) is 3.00. The van der Waals surface area contributed by atoms with Crippen molar-refractivity contribution >= 4 is 17.0 Å². The van der Waals surface area contributed by atoms with Gasteiger partial charge in [-0.1, -0.05) is 19.3 Å². The lowest BCUT2D eigenvalue weighted by molar-refractivity contribution is 0.353. The van der Waals surface area contributed by atoms with Gasteiger partial charge >= 0.3 is 0 Å². The maximum atomic E-state index is 12.2. The minimum absolute atomic E-state index is 0.0110. The molecule has 2 aromatic rings. The predicted octanol–water partition coefficient (Wildman–Crippen LogP) is 1.80. The number of hydrogen-bond acceptors (Lipinski definition) is 5. The molecule has 6 nitrogen and oxygen atoms in total. The molecule has 3 N–H and O–H groups in total. The largest absolute Gasteiger partial charge is 0.400 e. The monoisotopic (exact) mass is 290 g/mol. The van der Waals surface area contributed by atoms with Crippen molar-refractivity contribution in [1.29, 1.82) is 0 Å². The Morgan fingerprint density at radius 1 is 1.19 bits per heavy atom. The number of aliphatic hydroxyl groups is 1. The fourth-order valence-electron chi connectivity index (χ4n) is 3.00. The number of anilines is 1. The van der Waals surface area contributed by atoms with Crippen LogP contribution in [0.5, 0.6) is 0 Å². The molecule has 1 aliphatic carbocycles. The van der Waals surface area contributed by atoms with Crippen LogP contribution in [-0.4, -0.2) is 26.8 Å². The maximum absolute atomic E-state index is 12.2. The molecule has 3 rings (SSSR count). The second-order valence-corrected chi connectivity index (χ2v) is 5.24. The first-order valence-corrected chi connectivity index (χ1v) is 7.27. The van der Waals surface area contributed by atoms with E-state index in [0.29, 0.717) is 5.65 Å². The number of nitrogen functional groups attached to an aromatic ring is 1. The zero-order valence-corrected chi connectivity index (χ0v) is 12.5. The van der Waals surface area contributed by atoms with Crippen molar-refractivity contribution < 1.29 is 5.11 Å². The summed E-state index contributed by atoms with van der Waals surface area (Å²) >= 11 is 0. The van der Waals surface area contributed by atoms with Gasteiger partial charge in [0.15, 0.2) is 0 Å². The Balaban J connectivity index is 0.000000774. The van der Waals surface area contributed by atoms with Gasteiger partial charge in [-0.2, -0.15) is 4.98 Å². The first-order chi connectivity index (χ1) is 10.2. The molecule has 114 valence electrons. The molecule has 0 unspecified atom stereocenters. The lowest BCUT2D eigenvalue weighted by Gasteiger charge is -2.25. The molecule has 0 radical (unpaired) electrons. The fraction of sp³-hybridized carbons (Fsp3) is 0.533. The van der Waals surface area contributed by atoms with Crippen molar-refractivity contribution in [2.24, 2.45) is 0 Å². The highest BCUT2D eigenvalue weighted by molar-refractivity contribution is 5.78. The lowest BCUT2D eigenvalue weighted by atomic mass is 9.95. The molecule has 21 heavy (non-hydrogen) atoms. The van der Waals surface area contributed by atoms with Crippen LogP contribution < -0.4 is 11.3 Å². The van der Waals surface area contributed by atoms with Crippen LogP contribution in [0, 0.1) is 6.92 Å². The minimum atomic E-state index is 0.0110. The Morgan fingerprint density at radius 2 is 1.86 bits per heavy atom. The van der Waals surface area contributed by atoms with Gasteiger partial charge in [-0.05, 0) is 25.8 Å². The highest BCUT2D eigenvalue weighted by Crippen LogP contribution is 2.29. The summed E-state index contributed by atoms with van der Waals surface area (Å²) in [6.45, 7) is 1.90. The van der Waals surface area contributed by atoms with Crippen LogP contribution in [0.3, 0.4) is 0 Å². The molecule has 0 saturated heterocycles. The van der Waals surface area contributed by atoms with Gasteiger partial charge in [0.05, 0.1) is 5.69 Å². The predicted molar refractivity (Wildman–Crippen MR) is 83.2 cm³/mol. The van der Waals surface area contributed by atoms with Gasteiger partial charge in [-0.3, -0.25) is 9.36 Å². The first kappa shape index (κ1) is 15.4. The van der Waals surface area contributed by atoms with Crippen LogP contribution in [0.25, 0.3) is 11.0 Å². The molecular formula is C15H22N4O2. The van der Waals surface area contributed by atoms with E-state index in [4.69, 9.17) is 10.8 Å².